The summed E-state index contributed by atoms with van der Waals surface area (Å²) in [5.74, 6) is 0. The van der Waals surface area contributed by atoms with Crippen molar-refractivity contribution in [3.05, 3.63) is 58.8 Å². The average molecular weight is 629 g/mol. The largest absolute Gasteiger partial charge is 0.324 e. The first-order valence-electron chi connectivity index (χ1n) is 7.29. The lowest BCUT2D eigenvalue weighted by Crippen LogP contribution is -2.04. The first-order valence-corrected chi connectivity index (χ1v) is 10.7. The summed E-state index contributed by atoms with van der Waals surface area (Å²) in [6, 6.07) is 15.4. The fourth-order valence-electron chi connectivity index (χ4n) is 2.49. The van der Waals surface area contributed by atoms with Gasteiger partial charge < -0.3 is 5.73 Å². The lowest BCUT2D eigenvalue weighted by Gasteiger charge is -2.04. The van der Waals surface area contributed by atoms with Crippen LogP contribution in [0.15, 0.2) is 53.2 Å². The Hall–Kier alpha value is 0.220. The summed E-state index contributed by atoms with van der Waals surface area (Å²) < 4.78 is 0. The Bertz CT molecular complexity index is 919. The topological polar surface area (TPSA) is 26.0 Å². The van der Waals surface area contributed by atoms with Crippen LogP contribution in [0.25, 0.3) is 29.3 Å². The van der Waals surface area contributed by atoms with E-state index < -0.39 is 0 Å². The van der Waals surface area contributed by atoms with Gasteiger partial charge in [-0.2, -0.15) is 0 Å². The van der Waals surface area contributed by atoms with E-state index in [9.17, 15) is 0 Å². The molecular weight excluding hydrogens is 612 g/mol. The zero-order valence-corrected chi connectivity index (χ0v) is 21.2. The van der Waals surface area contributed by atoms with E-state index in [-0.39, 0.29) is 54.0 Å². The number of rotatable bonds is 4. The number of hydrogen-bond acceptors (Lipinski definition) is 5. The molecule has 1 atom stereocenters. The van der Waals surface area contributed by atoms with Gasteiger partial charge in [0, 0.05) is 35.3 Å². The Morgan fingerprint density at radius 1 is 0.720 bits per heavy atom. The molecule has 4 aromatic rings. The summed E-state index contributed by atoms with van der Waals surface area (Å²) in [5, 5.41) is 4.26. The maximum Gasteiger partial charge on any atom is 0.0490 e. The zero-order valence-electron chi connectivity index (χ0n) is 13.3. The first-order chi connectivity index (χ1) is 11.2. The highest BCUT2D eigenvalue weighted by atomic mass is 127. The predicted molar refractivity (Wildman–Crippen MR) is 138 cm³/mol. The fourth-order valence-corrected chi connectivity index (χ4v) is 6.59. The number of hydrogen-bond donors (Lipinski definition) is 1. The van der Waals surface area contributed by atoms with Gasteiger partial charge in [-0.1, -0.05) is 6.07 Å². The van der Waals surface area contributed by atoms with Gasteiger partial charge in [0.05, 0.1) is 0 Å². The maximum absolute atomic E-state index is 6.09. The predicted octanol–water partition coefficient (Wildman–Crippen LogP) is 8.19. The molecule has 4 heterocycles. The van der Waals surface area contributed by atoms with Crippen molar-refractivity contribution >= 4 is 93.3 Å². The zero-order chi connectivity index (χ0) is 15.8. The van der Waals surface area contributed by atoms with E-state index in [1.807, 2.05) is 29.6 Å². The molecule has 0 spiro atoms. The summed E-state index contributed by atoms with van der Waals surface area (Å²) >= 11 is 7.29. The molecule has 0 aromatic carbocycles. The molecule has 25 heavy (non-hydrogen) atoms. The molecule has 0 saturated carbocycles. The van der Waals surface area contributed by atoms with Crippen LogP contribution >= 0.6 is 93.3 Å². The third-order valence-corrected chi connectivity index (χ3v) is 8.17. The normalized spacial score (nSPS) is 11.6. The van der Waals surface area contributed by atoms with Crippen molar-refractivity contribution in [3.8, 4) is 29.3 Å². The molecule has 2 N–H and O–H groups in total. The average Bonchev–Trinajstić information content (AvgIpc) is 3.32. The quantitative estimate of drug-likeness (QED) is 0.227. The van der Waals surface area contributed by atoms with Crippen LogP contribution in [0.4, 0.5) is 0 Å². The summed E-state index contributed by atoms with van der Waals surface area (Å²) in [5.41, 5.74) is 7.33. The minimum absolute atomic E-state index is 0. The van der Waals surface area contributed by atoms with E-state index in [0.717, 1.165) is 0 Å². The Balaban J connectivity index is 0.00000113. The molecule has 0 aliphatic heterocycles. The molecular formula is C18H17I2NS4. The second kappa shape index (κ2) is 9.43. The molecule has 0 amide bonds. The minimum atomic E-state index is 0. The molecule has 0 aliphatic carbocycles. The van der Waals surface area contributed by atoms with Crippen molar-refractivity contribution in [1.82, 2.24) is 0 Å². The lowest BCUT2D eigenvalue weighted by molar-refractivity contribution is 0.825. The van der Waals surface area contributed by atoms with Gasteiger partial charge in [0.1, 0.15) is 0 Å². The van der Waals surface area contributed by atoms with E-state index in [0.29, 0.717) is 0 Å². The summed E-state index contributed by atoms with van der Waals surface area (Å²) in [7, 11) is 0. The van der Waals surface area contributed by atoms with Gasteiger partial charge in [0.15, 0.2) is 0 Å². The van der Waals surface area contributed by atoms with Crippen LogP contribution in [-0.2, 0) is 0 Å². The summed E-state index contributed by atoms with van der Waals surface area (Å²) in [4.78, 5) is 7.98. The van der Waals surface area contributed by atoms with Crippen LogP contribution in [0.1, 0.15) is 18.5 Å². The van der Waals surface area contributed by atoms with Crippen molar-refractivity contribution in [1.29, 1.82) is 0 Å². The van der Waals surface area contributed by atoms with Gasteiger partial charge in [-0.25, -0.2) is 0 Å². The van der Waals surface area contributed by atoms with Crippen LogP contribution in [0.5, 0.6) is 0 Å². The van der Waals surface area contributed by atoms with Gasteiger partial charge in [-0.15, -0.1) is 93.3 Å². The molecule has 4 rings (SSSR count). The Morgan fingerprint density at radius 3 is 1.92 bits per heavy atom. The number of thiophene rings is 4. The van der Waals surface area contributed by atoms with Crippen molar-refractivity contribution < 1.29 is 0 Å². The molecule has 1 unspecified atom stereocenters. The van der Waals surface area contributed by atoms with E-state index in [2.05, 4.69) is 53.2 Å². The minimum Gasteiger partial charge on any atom is -0.324 e. The lowest BCUT2D eigenvalue weighted by atomic mass is 10.1. The van der Waals surface area contributed by atoms with Crippen LogP contribution < -0.4 is 5.73 Å². The van der Waals surface area contributed by atoms with Crippen LogP contribution in [0, 0.1) is 0 Å². The van der Waals surface area contributed by atoms with Gasteiger partial charge in [0.2, 0.25) is 0 Å². The maximum atomic E-state index is 6.09. The van der Waals surface area contributed by atoms with Crippen LogP contribution in [0.2, 0.25) is 0 Å². The van der Waals surface area contributed by atoms with Crippen molar-refractivity contribution in [2.75, 3.05) is 0 Å². The molecule has 0 fully saturated rings. The molecule has 0 aliphatic rings. The van der Waals surface area contributed by atoms with Crippen molar-refractivity contribution in [2.45, 2.75) is 13.0 Å². The first kappa shape index (κ1) is 21.5. The molecule has 4 aromatic heterocycles. The summed E-state index contributed by atoms with van der Waals surface area (Å²) in [6.07, 6.45) is 0. The number of halogens is 2. The number of nitrogens with two attached hydrogens (primary N) is 1. The highest BCUT2D eigenvalue weighted by Gasteiger charge is 2.14. The molecule has 0 bridgehead atoms. The molecule has 132 valence electrons. The second-order valence-corrected chi connectivity index (χ2v) is 9.33. The smallest absolute Gasteiger partial charge is 0.0490 e. The van der Waals surface area contributed by atoms with Crippen molar-refractivity contribution in [3.63, 3.8) is 0 Å². The third-order valence-electron chi connectivity index (χ3n) is 3.63. The Labute approximate surface area is 198 Å². The van der Waals surface area contributed by atoms with Crippen molar-refractivity contribution in [2.24, 2.45) is 5.73 Å². The molecule has 7 heteroatoms. The standard InChI is InChI=1S/C18H15NS4.2HI/c1-11(19)12-8-10-21-18(12)17-7-6-16(23-17)15-5-4-14(22-15)13-3-2-9-20-13;;/h2-11H,19H2,1H3;2*1H. The SMILES string of the molecule is CC(N)c1ccsc1-c1ccc(-c2ccc(-c3cccs3)s2)s1.I.I. The van der Waals surface area contributed by atoms with Gasteiger partial charge in [-0.05, 0) is 59.6 Å². The van der Waals surface area contributed by atoms with E-state index in [1.54, 1.807) is 22.7 Å². The monoisotopic (exact) mass is 629 g/mol. The Kier molecular flexibility index (Phi) is 8.11. The third kappa shape index (κ3) is 4.56. The van der Waals surface area contributed by atoms with Gasteiger partial charge in [0.25, 0.3) is 0 Å². The second-order valence-electron chi connectivity index (χ2n) is 5.30. The van der Waals surface area contributed by atoms with E-state index in [4.69, 9.17) is 5.73 Å². The molecule has 1 nitrogen and oxygen atoms in total. The highest BCUT2D eigenvalue weighted by molar-refractivity contribution is 14.0. The van der Waals surface area contributed by atoms with Crippen LogP contribution in [0.3, 0.4) is 0 Å². The van der Waals surface area contributed by atoms with Crippen LogP contribution in [-0.4, -0.2) is 0 Å². The highest BCUT2D eigenvalue weighted by Crippen LogP contribution is 2.43. The molecule has 0 saturated heterocycles. The van der Waals surface area contributed by atoms with E-state index >= 15 is 0 Å². The van der Waals surface area contributed by atoms with Gasteiger partial charge in [-0.3, -0.25) is 0 Å². The fraction of sp³-hybridized carbons (Fsp3) is 0.111. The van der Waals surface area contributed by atoms with E-state index in [1.165, 1.54) is 34.8 Å². The Morgan fingerprint density at radius 2 is 1.32 bits per heavy atom. The molecule has 0 radical (unpaired) electrons. The van der Waals surface area contributed by atoms with Gasteiger partial charge >= 0.3 is 0 Å². The summed E-state index contributed by atoms with van der Waals surface area (Å²) in [6.45, 7) is 2.05.